The highest BCUT2D eigenvalue weighted by atomic mass is 79.9. The fourth-order valence-corrected chi connectivity index (χ4v) is 4.52. The highest BCUT2D eigenvalue weighted by Gasteiger charge is 2.19. The number of halogens is 1. The SMILES string of the molecule is Cc1cccc(C)c1NC(=O)CSc1nnc(-c2ccccc2Br)n1-c1ccccc1. The van der Waals surface area contributed by atoms with Gasteiger partial charge >= 0.3 is 0 Å². The number of aromatic nitrogens is 3. The summed E-state index contributed by atoms with van der Waals surface area (Å²) >= 11 is 4.97. The number of nitrogens with one attached hydrogen (secondary N) is 1. The zero-order valence-electron chi connectivity index (χ0n) is 17.2. The van der Waals surface area contributed by atoms with Crippen LogP contribution < -0.4 is 5.32 Å². The lowest BCUT2D eigenvalue weighted by Crippen LogP contribution is -2.16. The molecule has 0 aliphatic rings. The molecule has 0 saturated carbocycles. The van der Waals surface area contributed by atoms with E-state index in [0.29, 0.717) is 5.16 Å². The molecule has 0 spiro atoms. The Bertz CT molecular complexity index is 1200. The number of carbonyl (C=O) groups excluding carboxylic acids is 1. The third kappa shape index (κ3) is 4.73. The van der Waals surface area contributed by atoms with Crippen LogP contribution in [0.15, 0.2) is 82.4 Å². The Labute approximate surface area is 194 Å². The molecule has 0 fully saturated rings. The minimum Gasteiger partial charge on any atom is -0.325 e. The van der Waals surface area contributed by atoms with E-state index < -0.39 is 0 Å². The zero-order chi connectivity index (χ0) is 21.8. The van der Waals surface area contributed by atoms with Gasteiger partial charge in [-0.15, -0.1) is 10.2 Å². The number of rotatable bonds is 6. The number of para-hydroxylation sites is 2. The van der Waals surface area contributed by atoms with Crippen molar-refractivity contribution in [3.05, 3.63) is 88.4 Å². The molecule has 156 valence electrons. The summed E-state index contributed by atoms with van der Waals surface area (Å²) in [5.74, 6) is 0.873. The summed E-state index contributed by atoms with van der Waals surface area (Å²) in [4.78, 5) is 12.7. The van der Waals surface area contributed by atoms with Gasteiger partial charge in [0.2, 0.25) is 5.91 Å². The minimum atomic E-state index is -0.0764. The van der Waals surface area contributed by atoms with E-state index in [-0.39, 0.29) is 11.7 Å². The Balaban J connectivity index is 1.62. The number of hydrogen-bond donors (Lipinski definition) is 1. The second kappa shape index (κ2) is 9.49. The fourth-order valence-electron chi connectivity index (χ4n) is 3.31. The largest absolute Gasteiger partial charge is 0.325 e. The van der Waals surface area contributed by atoms with Gasteiger partial charge in [0.05, 0.1) is 5.75 Å². The van der Waals surface area contributed by atoms with E-state index in [4.69, 9.17) is 0 Å². The van der Waals surface area contributed by atoms with Crippen molar-refractivity contribution in [2.45, 2.75) is 19.0 Å². The molecule has 4 aromatic rings. The number of amides is 1. The monoisotopic (exact) mass is 492 g/mol. The molecular formula is C24H21BrN4OS. The molecule has 5 nitrogen and oxygen atoms in total. The summed E-state index contributed by atoms with van der Waals surface area (Å²) in [6.45, 7) is 3.98. The first-order valence-electron chi connectivity index (χ1n) is 9.79. The van der Waals surface area contributed by atoms with Gasteiger partial charge in [-0.25, -0.2) is 0 Å². The maximum atomic E-state index is 12.7. The number of anilines is 1. The van der Waals surface area contributed by atoms with Gasteiger partial charge in [0.15, 0.2) is 11.0 Å². The normalized spacial score (nSPS) is 10.8. The van der Waals surface area contributed by atoms with Crippen LogP contribution in [-0.4, -0.2) is 26.4 Å². The van der Waals surface area contributed by atoms with Crippen molar-refractivity contribution < 1.29 is 4.79 Å². The number of aryl methyl sites for hydroxylation is 2. The van der Waals surface area contributed by atoms with Crippen LogP contribution in [0.1, 0.15) is 11.1 Å². The highest BCUT2D eigenvalue weighted by molar-refractivity contribution is 9.10. The predicted octanol–water partition coefficient (Wildman–Crippen LogP) is 6.04. The molecule has 0 bridgehead atoms. The molecule has 1 aromatic heterocycles. The summed E-state index contributed by atoms with van der Waals surface area (Å²) in [6.07, 6.45) is 0. The number of hydrogen-bond acceptors (Lipinski definition) is 4. The van der Waals surface area contributed by atoms with Gasteiger partial charge in [-0.05, 0) is 43.2 Å². The van der Waals surface area contributed by atoms with Gasteiger partial charge in [-0.1, -0.05) is 82.3 Å². The van der Waals surface area contributed by atoms with Crippen molar-refractivity contribution in [2.24, 2.45) is 0 Å². The van der Waals surface area contributed by atoms with Crippen molar-refractivity contribution in [1.82, 2.24) is 14.8 Å². The second-order valence-corrected chi connectivity index (χ2v) is 8.86. The van der Waals surface area contributed by atoms with Crippen LogP contribution >= 0.6 is 27.7 Å². The first kappa shape index (κ1) is 21.3. The molecule has 0 unspecified atom stereocenters. The first-order chi connectivity index (χ1) is 15.0. The van der Waals surface area contributed by atoms with Gasteiger partial charge < -0.3 is 5.32 Å². The van der Waals surface area contributed by atoms with Crippen LogP contribution in [0.3, 0.4) is 0 Å². The van der Waals surface area contributed by atoms with Crippen LogP contribution in [-0.2, 0) is 4.79 Å². The minimum absolute atomic E-state index is 0.0764. The Morgan fingerprint density at radius 1 is 0.935 bits per heavy atom. The molecule has 1 heterocycles. The molecule has 0 saturated heterocycles. The topological polar surface area (TPSA) is 59.8 Å². The standard InChI is InChI=1S/C24H21BrN4OS/c1-16-9-8-10-17(2)22(16)26-21(30)15-31-24-28-27-23(19-13-6-7-14-20(19)25)29(24)18-11-4-3-5-12-18/h3-14H,15H2,1-2H3,(H,26,30). The van der Waals surface area contributed by atoms with E-state index in [9.17, 15) is 4.79 Å². The van der Waals surface area contributed by atoms with Crippen molar-refractivity contribution in [1.29, 1.82) is 0 Å². The molecule has 1 amide bonds. The lowest BCUT2D eigenvalue weighted by Gasteiger charge is -2.12. The third-order valence-electron chi connectivity index (χ3n) is 4.84. The Morgan fingerprint density at radius 3 is 2.32 bits per heavy atom. The summed E-state index contributed by atoms with van der Waals surface area (Å²) in [5.41, 5.74) is 4.83. The average Bonchev–Trinajstić information content (AvgIpc) is 3.19. The van der Waals surface area contributed by atoms with E-state index >= 15 is 0 Å². The number of thioether (sulfide) groups is 1. The third-order valence-corrected chi connectivity index (χ3v) is 6.46. The number of benzene rings is 3. The van der Waals surface area contributed by atoms with Crippen molar-refractivity contribution in [2.75, 3.05) is 11.1 Å². The second-order valence-electron chi connectivity index (χ2n) is 7.06. The van der Waals surface area contributed by atoms with Crippen LogP contribution in [0.5, 0.6) is 0 Å². The van der Waals surface area contributed by atoms with Gasteiger partial charge in [0.1, 0.15) is 0 Å². The van der Waals surface area contributed by atoms with Gasteiger partial charge in [0.25, 0.3) is 0 Å². The quantitative estimate of drug-likeness (QED) is 0.333. The Hall–Kier alpha value is -2.90. The molecule has 0 radical (unpaired) electrons. The molecular weight excluding hydrogens is 472 g/mol. The van der Waals surface area contributed by atoms with Crippen LogP contribution in [0, 0.1) is 13.8 Å². The average molecular weight is 493 g/mol. The van der Waals surface area contributed by atoms with E-state index in [1.807, 2.05) is 91.2 Å². The van der Waals surface area contributed by atoms with Gasteiger partial charge in [-0.2, -0.15) is 0 Å². The maximum absolute atomic E-state index is 12.7. The van der Waals surface area contributed by atoms with Gasteiger partial charge in [-0.3, -0.25) is 9.36 Å². The van der Waals surface area contributed by atoms with E-state index in [1.54, 1.807) is 0 Å². The molecule has 7 heteroatoms. The molecule has 1 N–H and O–H groups in total. The number of carbonyl (C=O) groups is 1. The summed E-state index contributed by atoms with van der Waals surface area (Å²) < 4.78 is 2.92. The van der Waals surface area contributed by atoms with Crippen molar-refractivity contribution in [3.63, 3.8) is 0 Å². The maximum Gasteiger partial charge on any atom is 0.234 e. The molecule has 31 heavy (non-hydrogen) atoms. The summed E-state index contributed by atoms with van der Waals surface area (Å²) in [7, 11) is 0. The molecule has 4 rings (SSSR count). The number of nitrogens with zero attached hydrogens (tertiary/aromatic N) is 3. The van der Waals surface area contributed by atoms with Crippen molar-refractivity contribution >= 4 is 39.3 Å². The lowest BCUT2D eigenvalue weighted by molar-refractivity contribution is -0.113. The Morgan fingerprint density at radius 2 is 1.61 bits per heavy atom. The molecule has 0 aliphatic carbocycles. The summed E-state index contributed by atoms with van der Waals surface area (Å²) in [6, 6.07) is 23.8. The molecule has 3 aromatic carbocycles. The van der Waals surface area contributed by atoms with Crippen LogP contribution in [0.25, 0.3) is 17.1 Å². The van der Waals surface area contributed by atoms with E-state index in [2.05, 4.69) is 31.4 Å². The smallest absolute Gasteiger partial charge is 0.234 e. The first-order valence-corrected chi connectivity index (χ1v) is 11.6. The van der Waals surface area contributed by atoms with E-state index in [0.717, 1.165) is 38.4 Å². The van der Waals surface area contributed by atoms with Crippen LogP contribution in [0.2, 0.25) is 0 Å². The Kier molecular flexibility index (Phi) is 6.53. The molecule has 0 aliphatic heterocycles. The van der Waals surface area contributed by atoms with Crippen molar-refractivity contribution in [3.8, 4) is 17.1 Å². The van der Waals surface area contributed by atoms with Gasteiger partial charge in [0, 0.05) is 21.4 Å². The predicted molar refractivity (Wildman–Crippen MR) is 130 cm³/mol. The van der Waals surface area contributed by atoms with E-state index in [1.165, 1.54) is 11.8 Å². The summed E-state index contributed by atoms with van der Waals surface area (Å²) in [5, 5.41) is 12.5. The molecule has 0 atom stereocenters. The highest BCUT2D eigenvalue weighted by Crippen LogP contribution is 2.32. The van der Waals surface area contributed by atoms with Crippen LogP contribution in [0.4, 0.5) is 5.69 Å². The fraction of sp³-hybridized carbons (Fsp3) is 0.125. The zero-order valence-corrected chi connectivity index (χ0v) is 19.6. The lowest BCUT2D eigenvalue weighted by atomic mass is 10.1.